The Balaban J connectivity index is 1.51. The fraction of sp³-hybridized carbons (Fsp3) is 0.550. The predicted octanol–water partition coefficient (Wildman–Crippen LogP) is 2.07. The maximum atomic E-state index is 5.49. The van der Waals surface area contributed by atoms with Crippen LogP contribution in [0.3, 0.4) is 0 Å². The van der Waals surface area contributed by atoms with E-state index in [1.807, 2.05) is 26.0 Å². The zero-order chi connectivity index (χ0) is 20.6. The predicted molar refractivity (Wildman–Crippen MR) is 111 cm³/mol. The molecule has 2 aromatic rings. The number of hydrogen-bond acceptors (Lipinski definition) is 7. The van der Waals surface area contributed by atoms with Gasteiger partial charge in [-0.25, -0.2) is 0 Å². The first-order chi connectivity index (χ1) is 14.1. The van der Waals surface area contributed by atoms with Gasteiger partial charge in [-0.15, -0.1) is 0 Å². The number of methoxy groups -OCH3 is 1. The molecule has 1 aromatic carbocycles. The minimum absolute atomic E-state index is 0.179. The second-order valence-corrected chi connectivity index (χ2v) is 6.72. The van der Waals surface area contributed by atoms with Crippen LogP contribution in [-0.2, 0) is 11.3 Å². The molecule has 1 aromatic heterocycles. The van der Waals surface area contributed by atoms with Crippen molar-refractivity contribution in [2.24, 2.45) is 4.99 Å². The Bertz CT molecular complexity index is 801. The van der Waals surface area contributed by atoms with Crippen molar-refractivity contribution in [2.75, 3.05) is 51.8 Å². The van der Waals surface area contributed by atoms with E-state index in [4.69, 9.17) is 14.0 Å². The lowest BCUT2D eigenvalue weighted by atomic mass is 10.2. The first-order valence-corrected chi connectivity index (χ1v) is 9.93. The lowest BCUT2D eigenvalue weighted by Crippen LogP contribution is -2.52. The number of hydrogen-bond donors (Lipinski definition) is 1. The Morgan fingerprint density at radius 2 is 2.10 bits per heavy atom. The second-order valence-electron chi connectivity index (χ2n) is 6.72. The van der Waals surface area contributed by atoms with E-state index in [1.165, 1.54) is 5.69 Å². The summed E-state index contributed by atoms with van der Waals surface area (Å²) in [5, 5.41) is 7.30. The molecule has 1 N–H and O–H groups in total. The number of ether oxygens (including phenoxy) is 2. The summed E-state index contributed by atoms with van der Waals surface area (Å²) in [6.45, 7) is 8.44. The highest BCUT2D eigenvalue weighted by molar-refractivity contribution is 5.80. The van der Waals surface area contributed by atoms with E-state index in [0.29, 0.717) is 24.9 Å². The zero-order valence-corrected chi connectivity index (χ0v) is 17.6. The Kier molecular flexibility index (Phi) is 7.29. The maximum absolute atomic E-state index is 5.49. The number of aromatic nitrogens is 2. The summed E-state index contributed by atoms with van der Waals surface area (Å²) in [5.41, 5.74) is 1.17. The van der Waals surface area contributed by atoms with Crippen molar-refractivity contribution in [1.82, 2.24) is 20.4 Å². The van der Waals surface area contributed by atoms with Crippen molar-refractivity contribution in [3.63, 3.8) is 0 Å². The van der Waals surface area contributed by atoms with E-state index in [-0.39, 0.29) is 6.10 Å². The molecule has 9 heteroatoms. The van der Waals surface area contributed by atoms with Gasteiger partial charge in [0, 0.05) is 51.6 Å². The molecule has 9 nitrogen and oxygen atoms in total. The normalized spacial score (nSPS) is 16.1. The summed E-state index contributed by atoms with van der Waals surface area (Å²) in [4.78, 5) is 13.4. The molecule has 0 spiro atoms. The van der Waals surface area contributed by atoms with Gasteiger partial charge in [0.1, 0.15) is 11.9 Å². The van der Waals surface area contributed by atoms with Crippen molar-refractivity contribution in [3.05, 3.63) is 36.0 Å². The minimum Gasteiger partial charge on any atom is -0.497 e. The SMILES string of the molecule is CCOC(C)c1noc(CNC(=NC)N2CCN(c3cccc(OC)c3)CC2)n1. The van der Waals surface area contributed by atoms with Gasteiger partial charge in [0.05, 0.1) is 13.7 Å². The second kappa shape index (κ2) is 10.1. The van der Waals surface area contributed by atoms with Crippen LogP contribution in [0.1, 0.15) is 31.7 Å². The van der Waals surface area contributed by atoms with Crippen LogP contribution in [0.5, 0.6) is 5.75 Å². The number of nitrogens with one attached hydrogen (secondary N) is 1. The van der Waals surface area contributed by atoms with Crippen LogP contribution >= 0.6 is 0 Å². The van der Waals surface area contributed by atoms with Crippen LogP contribution in [0.25, 0.3) is 0 Å². The van der Waals surface area contributed by atoms with Crippen LogP contribution in [0.15, 0.2) is 33.8 Å². The summed E-state index contributed by atoms with van der Waals surface area (Å²) < 4.78 is 16.1. The average Bonchev–Trinajstić information content (AvgIpc) is 3.24. The third-order valence-electron chi connectivity index (χ3n) is 4.87. The summed E-state index contributed by atoms with van der Waals surface area (Å²) in [6.07, 6.45) is -0.179. The highest BCUT2D eigenvalue weighted by Gasteiger charge is 2.21. The molecule has 1 atom stereocenters. The van der Waals surface area contributed by atoms with Crippen LogP contribution in [0.2, 0.25) is 0 Å². The van der Waals surface area contributed by atoms with E-state index in [1.54, 1.807) is 14.2 Å². The first kappa shape index (κ1) is 20.9. The third kappa shape index (κ3) is 5.38. The van der Waals surface area contributed by atoms with Gasteiger partial charge in [-0.2, -0.15) is 4.98 Å². The zero-order valence-electron chi connectivity index (χ0n) is 17.6. The van der Waals surface area contributed by atoms with Crippen LogP contribution in [0, 0.1) is 0 Å². The fourth-order valence-electron chi connectivity index (χ4n) is 3.30. The molecule has 1 saturated heterocycles. The fourth-order valence-corrected chi connectivity index (χ4v) is 3.30. The van der Waals surface area contributed by atoms with E-state index < -0.39 is 0 Å². The van der Waals surface area contributed by atoms with Crippen LogP contribution in [0.4, 0.5) is 5.69 Å². The van der Waals surface area contributed by atoms with Gasteiger partial charge >= 0.3 is 0 Å². The van der Waals surface area contributed by atoms with Crippen LogP contribution < -0.4 is 15.0 Å². The molecular formula is C20H30N6O3. The lowest BCUT2D eigenvalue weighted by Gasteiger charge is -2.37. The van der Waals surface area contributed by atoms with Gasteiger partial charge in [-0.3, -0.25) is 4.99 Å². The molecule has 0 radical (unpaired) electrons. The highest BCUT2D eigenvalue weighted by Crippen LogP contribution is 2.22. The number of rotatable bonds is 7. The van der Waals surface area contributed by atoms with Gasteiger partial charge in [0.15, 0.2) is 11.8 Å². The quantitative estimate of drug-likeness (QED) is 0.556. The van der Waals surface area contributed by atoms with Gasteiger partial charge in [0.25, 0.3) is 0 Å². The molecule has 1 fully saturated rings. The minimum atomic E-state index is -0.179. The van der Waals surface area contributed by atoms with Crippen LogP contribution in [-0.4, -0.2) is 67.9 Å². The van der Waals surface area contributed by atoms with Crippen molar-refractivity contribution in [3.8, 4) is 5.75 Å². The standard InChI is InChI=1S/C20H30N6O3/c1-5-28-15(2)19-23-18(29-24-19)14-22-20(21-3)26-11-9-25(10-12-26)16-7-6-8-17(13-16)27-4/h6-8,13,15H,5,9-12,14H2,1-4H3,(H,21,22). The third-order valence-corrected chi connectivity index (χ3v) is 4.87. The highest BCUT2D eigenvalue weighted by atomic mass is 16.5. The summed E-state index contributed by atoms with van der Waals surface area (Å²) in [7, 11) is 3.48. The Morgan fingerprint density at radius 1 is 1.31 bits per heavy atom. The molecule has 29 heavy (non-hydrogen) atoms. The van der Waals surface area contributed by atoms with Gasteiger partial charge in [0.2, 0.25) is 5.89 Å². The van der Waals surface area contributed by atoms with Crippen molar-refractivity contribution >= 4 is 11.6 Å². The van der Waals surface area contributed by atoms with Crippen molar-refractivity contribution in [2.45, 2.75) is 26.5 Å². The number of piperazine rings is 1. The Morgan fingerprint density at radius 3 is 2.79 bits per heavy atom. The number of benzene rings is 1. The number of nitrogens with zero attached hydrogens (tertiary/aromatic N) is 5. The number of guanidine groups is 1. The first-order valence-electron chi connectivity index (χ1n) is 9.93. The average molecular weight is 402 g/mol. The van der Waals surface area contributed by atoms with E-state index in [9.17, 15) is 0 Å². The summed E-state index contributed by atoms with van der Waals surface area (Å²) >= 11 is 0. The largest absolute Gasteiger partial charge is 0.497 e. The van der Waals surface area contributed by atoms with Gasteiger partial charge in [-0.1, -0.05) is 11.2 Å². The molecule has 0 aliphatic carbocycles. The van der Waals surface area contributed by atoms with E-state index >= 15 is 0 Å². The molecule has 0 saturated carbocycles. The summed E-state index contributed by atoms with van der Waals surface area (Å²) in [5.74, 6) is 2.78. The molecule has 0 amide bonds. The molecule has 1 unspecified atom stereocenters. The molecule has 1 aliphatic rings. The molecule has 1 aliphatic heterocycles. The number of anilines is 1. The molecule has 3 rings (SSSR count). The Labute approximate surface area is 171 Å². The molecule has 2 heterocycles. The Hall–Kier alpha value is -2.81. The molecule has 0 bridgehead atoms. The topological polar surface area (TPSA) is 88.3 Å². The molecule has 158 valence electrons. The number of aliphatic imine (C=N–C) groups is 1. The van der Waals surface area contributed by atoms with Crippen molar-refractivity contribution < 1.29 is 14.0 Å². The van der Waals surface area contributed by atoms with Gasteiger partial charge < -0.3 is 29.1 Å². The van der Waals surface area contributed by atoms with E-state index in [2.05, 4.69) is 42.4 Å². The maximum Gasteiger partial charge on any atom is 0.246 e. The lowest BCUT2D eigenvalue weighted by molar-refractivity contribution is 0.0683. The monoisotopic (exact) mass is 402 g/mol. The smallest absolute Gasteiger partial charge is 0.246 e. The van der Waals surface area contributed by atoms with E-state index in [0.717, 1.165) is 37.9 Å². The summed E-state index contributed by atoms with van der Waals surface area (Å²) in [6, 6.07) is 8.16. The van der Waals surface area contributed by atoms with Crippen molar-refractivity contribution in [1.29, 1.82) is 0 Å². The van der Waals surface area contributed by atoms with Gasteiger partial charge in [-0.05, 0) is 26.0 Å². The molecular weight excluding hydrogens is 372 g/mol.